The maximum atomic E-state index is 5.47. The molecule has 1 fully saturated rings. The molecular weight excluding hydrogens is 135 g/mol. The lowest BCUT2D eigenvalue weighted by Gasteiger charge is -2.11. The Labute approximate surface area is 69.5 Å². The van der Waals surface area contributed by atoms with Crippen LogP contribution in [0.4, 0.5) is 0 Å². The third-order valence-corrected chi connectivity index (χ3v) is 2.03. The zero-order valence-electron chi connectivity index (χ0n) is 6.75. The van der Waals surface area contributed by atoms with Crippen LogP contribution in [0.15, 0.2) is 24.2 Å². The first-order valence-electron chi connectivity index (χ1n) is 3.99. The van der Waals surface area contributed by atoms with Gasteiger partial charge >= 0.3 is 0 Å². The van der Waals surface area contributed by atoms with Gasteiger partial charge in [0.15, 0.2) is 0 Å². The van der Waals surface area contributed by atoms with Crippen molar-refractivity contribution in [3.63, 3.8) is 0 Å². The molecule has 0 aromatic heterocycles. The van der Waals surface area contributed by atoms with Crippen molar-refractivity contribution in [1.82, 2.24) is 0 Å². The van der Waals surface area contributed by atoms with Crippen molar-refractivity contribution in [1.29, 1.82) is 0 Å². The predicted octanol–water partition coefficient (Wildman–Crippen LogP) is 1.65. The average Bonchev–Trinajstić information content (AvgIpc) is 2.27. The first-order valence-corrected chi connectivity index (χ1v) is 3.99. The van der Waals surface area contributed by atoms with Crippen molar-refractivity contribution in [2.45, 2.75) is 12.8 Å². The zero-order chi connectivity index (χ0) is 8.10. The monoisotopic (exact) mass is 148 g/mol. The fourth-order valence-corrected chi connectivity index (χ4v) is 1.31. The fraction of sp³-hybridized carbons (Fsp3) is 0.556. The highest BCUT2D eigenvalue weighted by Crippen LogP contribution is 2.20. The Bertz CT molecular complexity index is 163. The molecule has 11 heavy (non-hydrogen) atoms. The van der Waals surface area contributed by atoms with Crippen LogP contribution in [0.2, 0.25) is 0 Å². The van der Waals surface area contributed by atoms with Gasteiger partial charge in [-0.15, -0.1) is 12.6 Å². The van der Waals surface area contributed by atoms with Crippen LogP contribution in [-0.2, 0) is 4.74 Å². The van der Waals surface area contributed by atoms with E-state index < -0.39 is 0 Å². The smallest absolute Gasteiger partial charge is 0.102 e. The van der Waals surface area contributed by atoms with Gasteiger partial charge in [-0.3, -0.25) is 0 Å². The summed E-state index contributed by atoms with van der Waals surface area (Å²) in [5.41, 5.74) is 1.26. The molecule has 1 aliphatic rings. The molecule has 1 unspecified atom stereocenters. The summed E-state index contributed by atoms with van der Waals surface area (Å²) in [6, 6.07) is 0. The molecule has 0 aliphatic carbocycles. The van der Waals surface area contributed by atoms with Crippen LogP contribution in [0.5, 0.6) is 0 Å². The van der Waals surface area contributed by atoms with Crippen LogP contribution in [0.1, 0.15) is 12.8 Å². The summed E-state index contributed by atoms with van der Waals surface area (Å²) in [4.78, 5) is 0. The molecule has 0 aromatic carbocycles. The van der Waals surface area contributed by atoms with Gasteiger partial charge < -0.3 is 4.74 Å². The third-order valence-electron chi connectivity index (χ3n) is 2.03. The van der Waals surface area contributed by atoms with Gasteiger partial charge in [-0.25, -0.2) is 0 Å². The molecule has 1 heterocycles. The van der Waals surface area contributed by atoms with E-state index in [0.29, 0.717) is 5.92 Å². The van der Waals surface area contributed by atoms with E-state index in [9.17, 15) is 0 Å². The molecule has 1 nitrogen and oxygen atoms in total. The molecular formula is C9H13BO. The van der Waals surface area contributed by atoms with Crippen molar-refractivity contribution >= 4 is 7.85 Å². The summed E-state index contributed by atoms with van der Waals surface area (Å²) in [7, 11) is 5.47. The predicted molar refractivity (Wildman–Crippen MR) is 47.6 cm³/mol. The quantitative estimate of drug-likeness (QED) is 0.405. The Morgan fingerprint density at radius 2 is 2.45 bits per heavy atom. The van der Waals surface area contributed by atoms with Crippen LogP contribution in [0.3, 0.4) is 0 Å². The summed E-state index contributed by atoms with van der Waals surface area (Å²) in [5.74, 6) is 2.03. The summed E-state index contributed by atoms with van der Waals surface area (Å²) in [5, 5.41) is 0. The second kappa shape index (κ2) is 4.40. The van der Waals surface area contributed by atoms with E-state index in [1.54, 1.807) is 5.98 Å². The largest absolute Gasteiger partial charge is 0.380 e. The normalized spacial score (nSPS) is 29.8. The van der Waals surface area contributed by atoms with Crippen LogP contribution < -0.4 is 0 Å². The Balaban J connectivity index is 2.62. The lowest BCUT2D eigenvalue weighted by Crippen LogP contribution is -2.05. The molecule has 2 radical (unpaired) electrons. The second-order valence-corrected chi connectivity index (χ2v) is 2.76. The first-order chi connectivity index (χ1) is 5.38. The molecule has 58 valence electrons. The highest BCUT2D eigenvalue weighted by Gasteiger charge is 2.12. The van der Waals surface area contributed by atoms with Gasteiger partial charge in [0, 0.05) is 12.5 Å². The van der Waals surface area contributed by atoms with Gasteiger partial charge in [-0.2, -0.15) is 0 Å². The number of ether oxygens (including phenoxy) is 1. The molecule has 0 aromatic rings. The topological polar surface area (TPSA) is 9.23 Å². The van der Waals surface area contributed by atoms with Crippen molar-refractivity contribution < 1.29 is 4.74 Å². The summed E-state index contributed by atoms with van der Waals surface area (Å²) in [6.07, 6.45) is 4.03. The zero-order valence-corrected chi connectivity index (χ0v) is 6.75. The van der Waals surface area contributed by atoms with Gasteiger partial charge in [-0.1, -0.05) is 11.6 Å². The van der Waals surface area contributed by atoms with Crippen LogP contribution in [0, 0.1) is 5.92 Å². The second-order valence-electron chi connectivity index (χ2n) is 2.76. The van der Waals surface area contributed by atoms with Crippen LogP contribution in [-0.4, -0.2) is 21.1 Å². The van der Waals surface area contributed by atoms with E-state index in [1.165, 1.54) is 5.57 Å². The van der Waals surface area contributed by atoms with E-state index in [-0.39, 0.29) is 0 Å². The van der Waals surface area contributed by atoms with Gasteiger partial charge in [0.2, 0.25) is 0 Å². The van der Waals surface area contributed by atoms with E-state index in [0.717, 1.165) is 26.1 Å². The lowest BCUT2D eigenvalue weighted by molar-refractivity contribution is 0.131. The maximum absolute atomic E-state index is 5.47. The molecule has 1 saturated heterocycles. The molecule has 1 rings (SSSR count). The van der Waals surface area contributed by atoms with Gasteiger partial charge in [-0.05, 0) is 12.8 Å². The van der Waals surface area contributed by atoms with E-state index in [1.807, 2.05) is 6.08 Å². The van der Waals surface area contributed by atoms with Gasteiger partial charge in [0.05, 0.1) is 6.61 Å². The van der Waals surface area contributed by atoms with E-state index in [2.05, 4.69) is 6.58 Å². The summed E-state index contributed by atoms with van der Waals surface area (Å²) >= 11 is 0. The highest BCUT2D eigenvalue weighted by atomic mass is 16.5. The average molecular weight is 148 g/mol. The Morgan fingerprint density at radius 1 is 1.64 bits per heavy atom. The fourth-order valence-electron chi connectivity index (χ4n) is 1.31. The number of rotatable bonds is 1. The van der Waals surface area contributed by atoms with Crippen LogP contribution >= 0.6 is 0 Å². The molecule has 0 N–H and O–H groups in total. The molecule has 0 saturated carbocycles. The number of hydrogen-bond donors (Lipinski definition) is 0. The SMILES string of the molecule is [B]/C=C1/CCCOCC1C=C. The highest BCUT2D eigenvalue weighted by molar-refractivity contribution is 6.17. The standard InChI is InChI=1S/C9H13BO/c1-2-8-7-11-5-3-4-9(8)6-10/h2,6,8H,1,3-5,7H2/b9-6-. The molecule has 1 aliphatic heterocycles. The maximum Gasteiger partial charge on any atom is 0.102 e. The first kappa shape index (κ1) is 8.60. The molecule has 0 spiro atoms. The molecule has 0 amide bonds. The molecule has 1 atom stereocenters. The van der Waals surface area contributed by atoms with Gasteiger partial charge in [0.25, 0.3) is 0 Å². The molecule has 2 heteroatoms. The van der Waals surface area contributed by atoms with Crippen molar-refractivity contribution in [2.24, 2.45) is 5.92 Å². The number of hydrogen-bond acceptors (Lipinski definition) is 1. The Morgan fingerprint density at radius 3 is 3.09 bits per heavy atom. The van der Waals surface area contributed by atoms with Crippen LogP contribution in [0.25, 0.3) is 0 Å². The van der Waals surface area contributed by atoms with Crippen molar-refractivity contribution in [2.75, 3.05) is 13.2 Å². The minimum Gasteiger partial charge on any atom is -0.380 e. The van der Waals surface area contributed by atoms with E-state index >= 15 is 0 Å². The minimum atomic E-state index is 0.336. The van der Waals surface area contributed by atoms with E-state index in [4.69, 9.17) is 12.6 Å². The third kappa shape index (κ3) is 2.23. The minimum absolute atomic E-state index is 0.336. The summed E-state index contributed by atoms with van der Waals surface area (Å²) in [6.45, 7) is 5.34. The molecule has 0 bridgehead atoms. The lowest BCUT2D eigenvalue weighted by atomic mass is 9.91. The Hall–Kier alpha value is -0.495. The van der Waals surface area contributed by atoms with Crippen molar-refractivity contribution in [3.8, 4) is 0 Å². The Kier molecular flexibility index (Phi) is 3.44. The van der Waals surface area contributed by atoms with Gasteiger partial charge in [0.1, 0.15) is 7.85 Å². The summed E-state index contributed by atoms with van der Waals surface area (Å²) < 4.78 is 5.36. The van der Waals surface area contributed by atoms with Crippen molar-refractivity contribution in [3.05, 3.63) is 24.2 Å².